The van der Waals surface area contributed by atoms with Crippen molar-refractivity contribution in [2.24, 2.45) is 0 Å². The van der Waals surface area contributed by atoms with Crippen LogP contribution in [0.4, 0.5) is 10.2 Å². The number of benzene rings is 1. The van der Waals surface area contributed by atoms with Gasteiger partial charge in [-0.15, -0.1) is 0 Å². The van der Waals surface area contributed by atoms with E-state index >= 15 is 0 Å². The molecule has 0 saturated heterocycles. The molecule has 1 atom stereocenters. The first kappa shape index (κ1) is 17.9. The number of nitrogens with two attached hydrogens (primary N) is 1. The molecule has 0 spiro atoms. The van der Waals surface area contributed by atoms with Crippen molar-refractivity contribution >= 4 is 38.9 Å². The monoisotopic (exact) mass is 364 g/mol. The summed E-state index contributed by atoms with van der Waals surface area (Å²) in [6, 6.07) is 4.30. The van der Waals surface area contributed by atoms with E-state index in [-0.39, 0.29) is 18.1 Å². The Kier molecular flexibility index (Phi) is 4.61. The van der Waals surface area contributed by atoms with Gasteiger partial charge in [0.2, 0.25) is 0 Å². The Morgan fingerprint density at radius 3 is 2.72 bits per heavy atom. The summed E-state index contributed by atoms with van der Waals surface area (Å²) >= 11 is -1.07. The molecule has 0 aliphatic heterocycles. The van der Waals surface area contributed by atoms with Crippen LogP contribution in [0.25, 0.3) is 21.9 Å². The highest BCUT2D eigenvalue weighted by Gasteiger charge is 2.24. The molecule has 0 aliphatic rings. The smallest absolute Gasteiger partial charge is 0.163 e. The highest BCUT2D eigenvalue weighted by molar-refractivity contribution is 7.90. The van der Waals surface area contributed by atoms with Crippen molar-refractivity contribution in [3.63, 3.8) is 0 Å². The van der Waals surface area contributed by atoms with Crippen LogP contribution in [-0.4, -0.2) is 35.5 Å². The molecule has 25 heavy (non-hydrogen) atoms. The second kappa shape index (κ2) is 6.44. The van der Waals surface area contributed by atoms with E-state index in [1.807, 2.05) is 11.5 Å². The van der Waals surface area contributed by atoms with E-state index in [9.17, 15) is 14.0 Å². The predicted molar refractivity (Wildman–Crippen MR) is 98.1 cm³/mol. The molecule has 0 saturated carbocycles. The lowest BCUT2D eigenvalue weighted by Crippen LogP contribution is -2.27. The van der Waals surface area contributed by atoms with E-state index in [0.717, 1.165) is 0 Å². The second-order valence-electron chi connectivity index (χ2n) is 6.66. The lowest BCUT2D eigenvalue weighted by Gasteiger charge is -2.21. The molecule has 0 fully saturated rings. The summed E-state index contributed by atoms with van der Waals surface area (Å²) in [6.07, 6.45) is 0. The quantitative estimate of drug-likeness (QED) is 0.677. The van der Waals surface area contributed by atoms with Crippen LogP contribution in [0.1, 0.15) is 26.6 Å². The lowest BCUT2D eigenvalue weighted by atomic mass is 10.1. The molecule has 0 radical (unpaired) electrons. The van der Waals surface area contributed by atoms with Crippen LogP contribution in [-0.2, 0) is 23.5 Å². The summed E-state index contributed by atoms with van der Waals surface area (Å²) in [4.78, 5) is 8.77. The van der Waals surface area contributed by atoms with Gasteiger partial charge in [-0.1, -0.05) is 0 Å². The van der Waals surface area contributed by atoms with Crippen LogP contribution in [0.2, 0.25) is 0 Å². The Balaban J connectivity index is 2.34. The summed E-state index contributed by atoms with van der Waals surface area (Å²) in [7, 11) is 0. The lowest BCUT2D eigenvalue weighted by molar-refractivity contribution is 0.0620. The van der Waals surface area contributed by atoms with E-state index < -0.39 is 22.6 Å². The van der Waals surface area contributed by atoms with E-state index in [1.54, 1.807) is 19.9 Å². The van der Waals surface area contributed by atoms with Crippen molar-refractivity contribution in [2.45, 2.75) is 38.7 Å². The molecule has 2 heterocycles. The average Bonchev–Trinajstić information content (AvgIpc) is 2.84. The number of aliphatic hydroxyl groups is 1. The SMILES string of the molecule is CC[S+]([O-])Cc1nc2c(N)nc3cc(F)ccc3c2n1CC(C)(C)O. The summed E-state index contributed by atoms with van der Waals surface area (Å²) in [5, 5.41) is 11.0. The maximum absolute atomic E-state index is 13.6. The minimum Gasteiger partial charge on any atom is -0.616 e. The number of hydrogen-bond donors (Lipinski definition) is 2. The molecule has 3 rings (SSSR count). The normalized spacial score (nSPS) is 13.7. The molecule has 2 aromatic heterocycles. The van der Waals surface area contributed by atoms with Gasteiger partial charge in [0.15, 0.2) is 17.4 Å². The third-order valence-corrected chi connectivity index (χ3v) is 5.13. The van der Waals surface area contributed by atoms with Gasteiger partial charge in [0.1, 0.15) is 17.1 Å². The van der Waals surface area contributed by atoms with Gasteiger partial charge in [-0.05, 0) is 44.1 Å². The third kappa shape index (κ3) is 3.56. The van der Waals surface area contributed by atoms with Gasteiger partial charge in [-0.3, -0.25) is 0 Å². The minimum atomic E-state index is -1.07. The van der Waals surface area contributed by atoms with Gasteiger partial charge >= 0.3 is 0 Å². The zero-order valence-corrected chi connectivity index (χ0v) is 15.2. The number of halogens is 1. The molecule has 3 aromatic rings. The standard InChI is InChI=1S/C17H21FN4O2S/c1-4-25(24)8-13-21-14-15(22(13)9-17(2,3)23)11-6-5-10(18)7-12(11)20-16(14)19/h5-7,23H,4,8-9H2,1-3H3,(H2,19,20). The Labute approximate surface area is 148 Å². The summed E-state index contributed by atoms with van der Waals surface area (Å²) in [6.45, 7) is 5.46. The fourth-order valence-electron chi connectivity index (χ4n) is 2.84. The number of nitrogens with zero attached hydrogens (tertiary/aromatic N) is 3. The van der Waals surface area contributed by atoms with Crippen LogP contribution >= 0.6 is 0 Å². The highest BCUT2D eigenvalue weighted by Crippen LogP contribution is 2.31. The number of imidazole rings is 1. The van der Waals surface area contributed by atoms with Crippen molar-refractivity contribution in [1.82, 2.24) is 14.5 Å². The largest absolute Gasteiger partial charge is 0.616 e. The van der Waals surface area contributed by atoms with Gasteiger partial charge < -0.3 is 20.0 Å². The maximum atomic E-state index is 13.6. The van der Waals surface area contributed by atoms with Crippen LogP contribution in [0.3, 0.4) is 0 Å². The number of rotatable bonds is 5. The molecule has 0 bridgehead atoms. The molecular weight excluding hydrogens is 343 g/mol. The first-order valence-corrected chi connectivity index (χ1v) is 9.49. The van der Waals surface area contributed by atoms with E-state index in [1.165, 1.54) is 12.1 Å². The Morgan fingerprint density at radius 2 is 2.08 bits per heavy atom. The molecule has 1 unspecified atom stereocenters. The van der Waals surface area contributed by atoms with Gasteiger partial charge in [0.05, 0.1) is 23.2 Å². The molecule has 8 heteroatoms. The van der Waals surface area contributed by atoms with Crippen molar-refractivity contribution < 1.29 is 14.0 Å². The fraction of sp³-hybridized carbons (Fsp3) is 0.412. The number of hydrogen-bond acceptors (Lipinski definition) is 5. The topological polar surface area (TPSA) is 100 Å². The number of nitrogen functional groups attached to an aromatic ring is 1. The number of fused-ring (bicyclic) bond motifs is 3. The van der Waals surface area contributed by atoms with E-state index in [2.05, 4.69) is 9.97 Å². The summed E-state index contributed by atoms with van der Waals surface area (Å²) in [5.74, 6) is 1.11. The summed E-state index contributed by atoms with van der Waals surface area (Å²) < 4.78 is 27.5. The fourth-order valence-corrected chi connectivity index (χ4v) is 3.56. The molecule has 3 N–H and O–H groups in total. The second-order valence-corrected chi connectivity index (χ2v) is 8.40. The molecular formula is C17H21FN4O2S. The predicted octanol–water partition coefficient (Wildman–Crippen LogP) is 2.35. The Bertz CT molecular complexity index is 936. The Hall–Kier alpha value is -1.90. The molecule has 0 amide bonds. The molecule has 134 valence electrons. The van der Waals surface area contributed by atoms with Crippen LogP contribution < -0.4 is 5.73 Å². The zero-order chi connectivity index (χ0) is 18.4. The van der Waals surface area contributed by atoms with Crippen LogP contribution in [0, 0.1) is 5.82 Å². The maximum Gasteiger partial charge on any atom is 0.163 e. The third-order valence-electron chi connectivity index (χ3n) is 3.90. The van der Waals surface area contributed by atoms with Gasteiger partial charge in [-0.2, -0.15) is 0 Å². The van der Waals surface area contributed by atoms with Gasteiger partial charge in [-0.25, -0.2) is 14.4 Å². The van der Waals surface area contributed by atoms with Gasteiger partial charge in [0.25, 0.3) is 0 Å². The van der Waals surface area contributed by atoms with Crippen molar-refractivity contribution in [3.8, 4) is 0 Å². The van der Waals surface area contributed by atoms with Crippen molar-refractivity contribution in [3.05, 3.63) is 29.8 Å². The van der Waals surface area contributed by atoms with Crippen LogP contribution in [0.5, 0.6) is 0 Å². The number of anilines is 1. The van der Waals surface area contributed by atoms with Gasteiger partial charge in [0, 0.05) is 11.5 Å². The van der Waals surface area contributed by atoms with Crippen molar-refractivity contribution in [1.29, 1.82) is 0 Å². The first-order chi connectivity index (χ1) is 11.7. The molecule has 0 aliphatic carbocycles. The highest BCUT2D eigenvalue weighted by atomic mass is 32.2. The zero-order valence-electron chi connectivity index (χ0n) is 14.4. The number of aromatic nitrogens is 3. The molecule has 6 nitrogen and oxygen atoms in total. The molecule has 1 aromatic carbocycles. The summed E-state index contributed by atoms with van der Waals surface area (Å²) in [5.41, 5.74) is 6.59. The number of pyridine rings is 1. The van der Waals surface area contributed by atoms with Crippen LogP contribution in [0.15, 0.2) is 18.2 Å². The first-order valence-electron chi connectivity index (χ1n) is 8.01. The Morgan fingerprint density at radius 1 is 1.36 bits per heavy atom. The van der Waals surface area contributed by atoms with E-state index in [0.29, 0.717) is 33.5 Å². The minimum absolute atomic E-state index is 0.186. The average molecular weight is 364 g/mol. The van der Waals surface area contributed by atoms with Crippen molar-refractivity contribution in [2.75, 3.05) is 11.5 Å². The van der Waals surface area contributed by atoms with E-state index in [4.69, 9.17) is 5.73 Å².